The van der Waals surface area contributed by atoms with E-state index < -0.39 is 14.6 Å². The van der Waals surface area contributed by atoms with Gasteiger partial charge in [-0.15, -0.1) is 0 Å². The van der Waals surface area contributed by atoms with E-state index in [1.807, 2.05) is 49.9 Å². The minimum atomic E-state index is -3.07. The molecular formula is C19H31N3O3S. The molecule has 7 heteroatoms. The molecule has 0 aromatic heterocycles. The maximum Gasteiger partial charge on any atom is 0.194 e. The minimum Gasteiger partial charge on any atom is -0.491 e. The number of ether oxygens (including phenoxy) is 1. The Balaban J connectivity index is 2.20. The third-order valence-corrected chi connectivity index (χ3v) is 6.95. The summed E-state index contributed by atoms with van der Waals surface area (Å²) < 4.78 is 29.6. The number of benzene rings is 1. The van der Waals surface area contributed by atoms with Crippen LogP contribution < -0.4 is 10.1 Å². The second-order valence-electron chi connectivity index (χ2n) is 7.44. The number of hydrogen-bond acceptors (Lipinski definition) is 4. The van der Waals surface area contributed by atoms with Crippen molar-refractivity contribution >= 4 is 15.8 Å². The van der Waals surface area contributed by atoms with Crippen LogP contribution >= 0.6 is 0 Å². The predicted molar refractivity (Wildman–Crippen MR) is 106 cm³/mol. The van der Waals surface area contributed by atoms with Gasteiger partial charge in [-0.3, -0.25) is 0 Å². The Bertz CT molecular complexity index is 742. The molecule has 1 aromatic carbocycles. The van der Waals surface area contributed by atoms with E-state index >= 15 is 0 Å². The van der Waals surface area contributed by atoms with Gasteiger partial charge in [0.05, 0.1) is 23.1 Å². The summed E-state index contributed by atoms with van der Waals surface area (Å²) in [5.74, 6) is 1.73. The molecule has 0 atom stereocenters. The number of hydrogen-bond donors (Lipinski definition) is 1. The van der Waals surface area contributed by atoms with Crippen LogP contribution in [0.4, 0.5) is 0 Å². The number of sulfone groups is 1. The van der Waals surface area contributed by atoms with Crippen LogP contribution in [0.2, 0.25) is 0 Å². The molecule has 0 radical (unpaired) electrons. The van der Waals surface area contributed by atoms with Crippen LogP contribution in [0.25, 0.3) is 0 Å². The summed E-state index contributed by atoms with van der Waals surface area (Å²) in [7, 11) is -3.07. The molecule has 6 nitrogen and oxygen atoms in total. The van der Waals surface area contributed by atoms with Crippen LogP contribution in [0.1, 0.15) is 40.2 Å². The number of nitrogens with one attached hydrogen (secondary N) is 1. The predicted octanol–water partition coefficient (Wildman–Crippen LogP) is 2.45. The Morgan fingerprint density at radius 1 is 1.35 bits per heavy atom. The van der Waals surface area contributed by atoms with Crippen LogP contribution in [0.5, 0.6) is 5.75 Å². The second-order valence-corrected chi connectivity index (χ2v) is 10.2. The molecule has 0 unspecified atom stereocenters. The van der Waals surface area contributed by atoms with E-state index in [4.69, 9.17) is 9.73 Å². The molecule has 1 fully saturated rings. The first-order valence-corrected chi connectivity index (χ1v) is 10.8. The molecule has 1 aromatic rings. The van der Waals surface area contributed by atoms with Crippen molar-refractivity contribution in [2.75, 3.05) is 25.4 Å². The van der Waals surface area contributed by atoms with Crippen molar-refractivity contribution in [3.8, 4) is 5.75 Å². The average molecular weight is 382 g/mol. The van der Waals surface area contributed by atoms with E-state index in [-0.39, 0.29) is 11.9 Å². The highest BCUT2D eigenvalue weighted by Gasteiger charge is 2.40. The zero-order chi connectivity index (χ0) is 19.4. The van der Waals surface area contributed by atoms with Crippen molar-refractivity contribution in [1.82, 2.24) is 10.2 Å². The molecule has 0 amide bonds. The monoisotopic (exact) mass is 381 g/mol. The summed E-state index contributed by atoms with van der Waals surface area (Å²) in [4.78, 5) is 6.78. The van der Waals surface area contributed by atoms with Gasteiger partial charge in [-0.05, 0) is 40.7 Å². The van der Waals surface area contributed by atoms with Gasteiger partial charge < -0.3 is 15.0 Å². The first kappa shape index (κ1) is 20.6. The molecule has 1 aliphatic rings. The van der Waals surface area contributed by atoms with Crippen molar-refractivity contribution < 1.29 is 13.2 Å². The summed E-state index contributed by atoms with van der Waals surface area (Å²) >= 11 is 0. The van der Waals surface area contributed by atoms with Crippen molar-refractivity contribution in [3.05, 3.63) is 29.8 Å². The van der Waals surface area contributed by atoms with Crippen LogP contribution in [0.3, 0.4) is 0 Å². The number of para-hydroxylation sites is 1. The summed E-state index contributed by atoms with van der Waals surface area (Å²) in [5.41, 5.74) is 1.01. The van der Waals surface area contributed by atoms with Crippen LogP contribution in [-0.2, 0) is 16.4 Å². The van der Waals surface area contributed by atoms with Gasteiger partial charge in [-0.25, -0.2) is 13.4 Å². The quantitative estimate of drug-likeness (QED) is 0.627. The SMILES string of the molecule is CCNC(=NCc1ccccc1OC(C)C)N1CCS(=O)(=O)C(C)(C)C1. The zero-order valence-electron chi connectivity index (χ0n) is 16.4. The lowest BCUT2D eigenvalue weighted by Crippen LogP contribution is -2.57. The van der Waals surface area contributed by atoms with E-state index in [0.29, 0.717) is 19.6 Å². The average Bonchev–Trinajstić information content (AvgIpc) is 2.55. The molecule has 0 bridgehead atoms. The van der Waals surface area contributed by atoms with E-state index in [1.54, 1.807) is 13.8 Å². The lowest BCUT2D eigenvalue weighted by Gasteiger charge is -2.39. The van der Waals surface area contributed by atoms with Crippen molar-refractivity contribution in [2.45, 2.75) is 52.0 Å². The molecule has 0 aliphatic carbocycles. The van der Waals surface area contributed by atoms with E-state index in [0.717, 1.165) is 23.8 Å². The fourth-order valence-corrected chi connectivity index (χ4v) is 4.28. The molecule has 1 heterocycles. The second kappa shape index (κ2) is 8.29. The topological polar surface area (TPSA) is 71.0 Å². The summed E-state index contributed by atoms with van der Waals surface area (Å²) in [6.07, 6.45) is 0.0986. The highest BCUT2D eigenvalue weighted by molar-refractivity contribution is 7.92. The molecule has 1 saturated heterocycles. The van der Waals surface area contributed by atoms with Crippen LogP contribution in [0, 0.1) is 0 Å². The first-order chi connectivity index (χ1) is 12.2. The Morgan fingerprint density at radius 2 is 2.04 bits per heavy atom. The Kier molecular flexibility index (Phi) is 6.55. The summed E-state index contributed by atoms with van der Waals surface area (Å²) in [5, 5.41) is 3.29. The fraction of sp³-hybridized carbons (Fsp3) is 0.632. The van der Waals surface area contributed by atoms with Gasteiger partial charge in [0.15, 0.2) is 15.8 Å². The summed E-state index contributed by atoms with van der Waals surface area (Å²) in [6.45, 7) is 11.7. The maximum absolute atomic E-state index is 12.3. The van der Waals surface area contributed by atoms with Gasteiger partial charge in [-0.2, -0.15) is 0 Å². The van der Waals surface area contributed by atoms with Gasteiger partial charge in [0, 0.05) is 25.2 Å². The van der Waals surface area contributed by atoms with Crippen molar-refractivity contribution in [3.63, 3.8) is 0 Å². The van der Waals surface area contributed by atoms with Crippen LogP contribution in [0.15, 0.2) is 29.3 Å². The standard InChI is InChI=1S/C19H31N3O3S/c1-6-20-18(22-11-12-26(23,24)19(4,5)14-22)21-13-16-9-7-8-10-17(16)25-15(2)3/h7-10,15H,6,11-14H2,1-5H3,(H,20,21). The third kappa shape index (κ3) is 4.90. The molecule has 1 N–H and O–H groups in total. The zero-order valence-corrected chi connectivity index (χ0v) is 17.3. The normalized spacial score (nSPS) is 19.5. The molecule has 1 aliphatic heterocycles. The van der Waals surface area contributed by atoms with Gasteiger partial charge in [0.1, 0.15) is 5.75 Å². The van der Waals surface area contributed by atoms with Gasteiger partial charge in [0.2, 0.25) is 0 Å². The lowest BCUT2D eigenvalue weighted by molar-refractivity contribution is 0.240. The van der Waals surface area contributed by atoms with E-state index in [2.05, 4.69) is 5.32 Å². The highest BCUT2D eigenvalue weighted by Crippen LogP contribution is 2.24. The van der Waals surface area contributed by atoms with E-state index in [1.165, 1.54) is 0 Å². The Labute approximate surface area is 157 Å². The van der Waals surface area contributed by atoms with Crippen LogP contribution in [-0.4, -0.2) is 55.5 Å². The van der Waals surface area contributed by atoms with E-state index in [9.17, 15) is 8.42 Å². The number of aliphatic imine (C=N–C) groups is 1. The van der Waals surface area contributed by atoms with Gasteiger partial charge in [-0.1, -0.05) is 18.2 Å². The molecule has 2 rings (SSSR count). The Hall–Kier alpha value is -1.76. The highest BCUT2D eigenvalue weighted by atomic mass is 32.2. The Morgan fingerprint density at radius 3 is 2.65 bits per heavy atom. The van der Waals surface area contributed by atoms with Crippen molar-refractivity contribution in [2.24, 2.45) is 4.99 Å². The minimum absolute atomic E-state index is 0.0986. The molecule has 146 valence electrons. The van der Waals surface area contributed by atoms with Crippen molar-refractivity contribution in [1.29, 1.82) is 0 Å². The molecule has 0 spiro atoms. The number of nitrogens with zero attached hydrogens (tertiary/aromatic N) is 2. The van der Waals surface area contributed by atoms with Gasteiger partial charge >= 0.3 is 0 Å². The largest absolute Gasteiger partial charge is 0.491 e. The molecule has 0 saturated carbocycles. The van der Waals surface area contributed by atoms with Gasteiger partial charge in [0.25, 0.3) is 0 Å². The number of rotatable bonds is 5. The maximum atomic E-state index is 12.3. The summed E-state index contributed by atoms with van der Waals surface area (Å²) in [6, 6.07) is 7.89. The fourth-order valence-electron chi connectivity index (χ4n) is 2.91. The third-order valence-electron chi connectivity index (χ3n) is 4.41. The smallest absolute Gasteiger partial charge is 0.194 e. The number of guanidine groups is 1. The lowest BCUT2D eigenvalue weighted by atomic mass is 10.2. The molecular weight excluding hydrogens is 350 g/mol. The molecule has 26 heavy (non-hydrogen) atoms. The first-order valence-electron chi connectivity index (χ1n) is 9.16.